The molecule has 30 heavy (non-hydrogen) atoms. The van der Waals surface area contributed by atoms with Gasteiger partial charge in [0.25, 0.3) is 0 Å². The maximum absolute atomic E-state index is 13.4. The first-order valence-electron chi connectivity index (χ1n) is 9.44. The van der Waals surface area contributed by atoms with Crippen molar-refractivity contribution in [3.05, 3.63) is 64.7 Å². The standard InChI is InChI=1S/C22H24ClNO5S/c1-14-5-7-15(8-6-14)18-19(30(27,28)17-11-9-16(23)10-12-17)22(18,13-25)24-20(26)29-21(2,3)4/h5-13,18-19H,1-4H3,(H,24,26)/t18-,19-,22-/m1/s1. The van der Waals surface area contributed by atoms with Crippen molar-refractivity contribution in [2.75, 3.05) is 0 Å². The molecule has 160 valence electrons. The number of hydrogen-bond donors (Lipinski definition) is 1. The number of sulfone groups is 1. The highest BCUT2D eigenvalue weighted by atomic mass is 35.5. The van der Waals surface area contributed by atoms with Gasteiger partial charge in [-0.1, -0.05) is 41.4 Å². The number of alkyl carbamates (subject to hydrolysis) is 1. The van der Waals surface area contributed by atoms with Crippen LogP contribution in [0.1, 0.15) is 37.8 Å². The molecular formula is C22H24ClNO5S. The molecule has 0 unspecified atom stereocenters. The van der Waals surface area contributed by atoms with E-state index in [0.29, 0.717) is 16.9 Å². The van der Waals surface area contributed by atoms with Crippen LogP contribution < -0.4 is 5.32 Å². The Kier molecular flexibility index (Phi) is 5.73. The van der Waals surface area contributed by atoms with E-state index in [4.69, 9.17) is 16.3 Å². The van der Waals surface area contributed by atoms with E-state index in [-0.39, 0.29) is 4.90 Å². The Morgan fingerprint density at radius 2 is 1.67 bits per heavy atom. The van der Waals surface area contributed by atoms with Crippen LogP contribution >= 0.6 is 11.6 Å². The second-order valence-electron chi connectivity index (χ2n) is 8.49. The number of halogens is 1. The number of ether oxygens (including phenoxy) is 1. The summed E-state index contributed by atoms with van der Waals surface area (Å²) in [5.74, 6) is -0.746. The van der Waals surface area contributed by atoms with E-state index in [9.17, 15) is 18.0 Å². The molecule has 0 aliphatic heterocycles. The van der Waals surface area contributed by atoms with Gasteiger partial charge in [-0.3, -0.25) is 0 Å². The Balaban J connectivity index is 2.04. The first-order chi connectivity index (χ1) is 13.9. The smallest absolute Gasteiger partial charge is 0.408 e. The first-order valence-corrected chi connectivity index (χ1v) is 11.4. The largest absolute Gasteiger partial charge is 0.444 e. The zero-order valence-electron chi connectivity index (χ0n) is 17.2. The molecule has 0 radical (unpaired) electrons. The highest BCUT2D eigenvalue weighted by Gasteiger charge is 2.73. The second-order valence-corrected chi connectivity index (χ2v) is 11.0. The van der Waals surface area contributed by atoms with Gasteiger partial charge in [0.05, 0.1) is 4.90 Å². The van der Waals surface area contributed by atoms with Gasteiger partial charge in [-0.15, -0.1) is 0 Å². The molecule has 1 N–H and O–H groups in total. The number of hydrogen-bond acceptors (Lipinski definition) is 5. The van der Waals surface area contributed by atoms with Crippen LogP contribution in [0, 0.1) is 6.92 Å². The SMILES string of the molecule is Cc1ccc([C@@H]2[C@@H](S(=O)(=O)c3ccc(Cl)cc3)[C@]2(C=O)NC(=O)OC(C)(C)C)cc1. The van der Waals surface area contributed by atoms with E-state index in [0.717, 1.165) is 5.56 Å². The lowest BCUT2D eigenvalue weighted by molar-refractivity contribution is -0.110. The van der Waals surface area contributed by atoms with E-state index in [1.807, 2.05) is 19.1 Å². The molecule has 1 fully saturated rings. The maximum Gasteiger partial charge on any atom is 0.408 e. The predicted molar refractivity (Wildman–Crippen MR) is 115 cm³/mol. The van der Waals surface area contributed by atoms with Crippen LogP contribution in [0.25, 0.3) is 0 Å². The van der Waals surface area contributed by atoms with Crippen molar-refractivity contribution in [2.45, 2.75) is 54.9 Å². The van der Waals surface area contributed by atoms with Crippen molar-refractivity contribution in [2.24, 2.45) is 0 Å². The number of carbonyl (C=O) groups is 2. The van der Waals surface area contributed by atoms with Gasteiger partial charge in [-0.25, -0.2) is 13.2 Å². The van der Waals surface area contributed by atoms with Crippen molar-refractivity contribution in [1.29, 1.82) is 0 Å². The lowest BCUT2D eigenvalue weighted by atomic mass is 10.1. The molecule has 0 bridgehead atoms. The molecule has 1 amide bonds. The molecule has 1 aliphatic rings. The number of carbonyl (C=O) groups excluding carboxylic acids is 2. The van der Waals surface area contributed by atoms with E-state index in [1.54, 1.807) is 32.9 Å². The Hall–Kier alpha value is -2.38. The molecule has 3 rings (SSSR count). The van der Waals surface area contributed by atoms with Crippen LogP contribution in [0.5, 0.6) is 0 Å². The number of amides is 1. The summed E-state index contributed by atoms with van der Waals surface area (Å²) in [5.41, 5.74) is -0.789. The molecule has 8 heteroatoms. The minimum absolute atomic E-state index is 0.0312. The summed E-state index contributed by atoms with van der Waals surface area (Å²) in [4.78, 5) is 24.7. The third kappa shape index (κ3) is 4.23. The molecule has 0 saturated heterocycles. The first kappa shape index (κ1) is 22.3. The Morgan fingerprint density at radius 1 is 1.10 bits per heavy atom. The average Bonchev–Trinajstić information content (AvgIpc) is 3.30. The third-order valence-electron chi connectivity index (χ3n) is 5.00. The Bertz CT molecular complexity index is 1060. The summed E-state index contributed by atoms with van der Waals surface area (Å²) in [6.45, 7) is 6.97. The summed E-state index contributed by atoms with van der Waals surface area (Å²) in [6.07, 6.45) is -0.347. The molecule has 0 heterocycles. The van der Waals surface area contributed by atoms with E-state index < -0.39 is 38.2 Å². The monoisotopic (exact) mass is 449 g/mol. The number of aryl methyl sites for hydroxylation is 1. The van der Waals surface area contributed by atoms with Gasteiger partial charge in [-0.05, 0) is 57.5 Å². The zero-order chi connectivity index (χ0) is 22.3. The minimum Gasteiger partial charge on any atom is -0.444 e. The lowest BCUT2D eigenvalue weighted by Crippen LogP contribution is -2.45. The number of rotatable bonds is 5. The lowest BCUT2D eigenvalue weighted by Gasteiger charge is -2.22. The van der Waals surface area contributed by atoms with Gasteiger partial charge < -0.3 is 14.8 Å². The fourth-order valence-corrected chi connectivity index (χ4v) is 5.98. The highest BCUT2D eigenvalue weighted by Crippen LogP contribution is 2.56. The van der Waals surface area contributed by atoms with Crippen molar-refractivity contribution >= 4 is 33.8 Å². The fraction of sp³-hybridized carbons (Fsp3) is 0.364. The topological polar surface area (TPSA) is 89.5 Å². The second kappa shape index (κ2) is 7.71. The van der Waals surface area contributed by atoms with E-state index in [2.05, 4.69) is 5.32 Å². The van der Waals surface area contributed by atoms with Crippen molar-refractivity contribution in [3.8, 4) is 0 Å². The van der Waals surface area contributed by atoms with Gasteiger partial charge in [0.1, 0.15) is 22.7 Å². The van der Waals surface area contributed by atoms with E-state index in [1.165, 1.54) is 24.3 Å². The quantitative estimate of drug-likeness (QED) is 0.695. The molecular weight excluding hydrogens is 426 g/mol. The summed E-state index contributed by atoms with van der Waals surface area (Å²) in [7, 11) is -3.96. The van der Waals surface area contributed by atoms with E-state index >= 15 is 0 Å². The van der Waals surface area contributed by atoms with Crippen molar-refractivity contribution in [3.63, 3.8) is 0 Å². The van der Waals surface area contributed by atoms with Gasteiger partial charge >= 0.3 is 6.09 Å². The van der Waals surface area contributed by atoms with Crippen molar-refractivity contribution in [1.82, 2.24) is 5.32 Å². The fourth-order valence-electron chi connectivity index (χ4n) is 3.60. The zero-order valence-corrected chi connectivity index (χ0v) is 18.8. The average molecular weight is 450 g/mol. The highest BCUT2D eigenvalue weighted by molar-refractivity contribution is 7.92. The molecule has 2 aromatic rings. The Morgan fingerprint density at radius 3 is 2.17 bits per heavy atom. The molecule has 3 atom stereocenters. The molecule has 2 aromatic carbocycles. The third-order valence-corrected chi connectivity index (χ3v) is 7.52. The van der Waals surface area contributed by atoms with Crippen molar-refractivity contribution < 1.29 is 22.7 Å². The van der Waals surface area contributed by atoms with Crippen LogP contribution in [0.15, 0.2) is 53.4 Å². The molecule has 1 saturated carbocycles. The number of benzene rings is 2. The van der Waals surface area contributed by atoms with Crippen LogP contribution in [-0.4, -0.2) is 37.2 Å². The van der Waals surface area contributed by atoms with Crippen LogP contribution in [0.4, 0.5) is 4.79 Å². The normalized spacial score (nSPS) is 23.5. The summed E-state index contributed by atoms with van der Waals surface area (Å²) >= 11 is 5.89. The maximum atomic E-state index is 13.4. The number of aldehydes is 1. The predicted octanol–water partition coefficient (Wildman–Crippen LogP) is 4.05. The summed E-state index contributed by atoms with van der Waals surface area (Å²) < 4.78 is 32.1. The van der Waals surface area contributed by atoms with Crippen LogP contribution in [0.2, 0.25) is 5.02 Å². The molecule has 6 nitrogen and oxygen atoms in total. The van der Waals surface area contributed by atoms with Gasteiger partial charge in [0, 0.05) is 10.9 Å². The summed E-state index contributed by atoms with van der Waals surface area (Å²) in [6, 6.07) is 12.9. The summed E-state index contributed by atoms with van der Waals surface area (Å²) in [5, 5.41) is 1.77. The van der Waals surface area contributed by atoms with Crippen LogP contribution in [-0.2, 0) is 19.4 Å². The number of nitrogens with one attached hydrogen (secondary N) is 1. The van der Waals surface area contributed by atoms with Crippen LogP contribution in [0.3, 0.4) is 0 Å². The van der Waals surface area contributed by atoms with Gasteiger partial charge in [-0.2, -0.15) is 0 Å². The molecule has 1 aliphatic carbocycles. The molecule has 0 aromatic heterocycles. The molecule has 0 spiro atoms. The Labute approximate surface area is 181 Å². The van der Waals surface area contributed by atoms with Gasteiger partial charge in [0.15, 0.2) is 9.84 Å². The minimum atomic E-state index is -3.96. The van der Waals surface area contributed by atoms with Gasteiger partial charge in [0.2, 0.25) is 0 Å².